The van der Waals surface area contributed by atoms with Crippen LogP contribution in [0.25, 0.3) is 0 Å². The third-order valence-electron chi connectivity index (χ3n) is 4.09. The molecular weight excluding hydrogens is 331 g/mol. The first-order valence-corrected chi connectivity index (χ1v) is 7.58. The zero-order valence-corrected chi connectivity index (χ0v) is 14.1. The molecule has 1 aliphatic rings. The number of ether oxygens (including phenoxy) is 1. The van der Waals surface area contributed by atoms with Crippen molar-refractivity contribution in [3.8, 4) is 5.75 Å². The first kappa shape index (κ1) is 18.2. The smallest absolute Gasteiger partial charge is 0.226 e. The Morgan fingerprint density at radius 2 is 1.67 bits per heavy atom. The second-order valence-corrected chi connectivity index (χ2v) is 5.62. The number of carbonyl (C=O) groups is 1. The van der Waals surface area contributed by atoms with Gasteiger partial charge in [0, 0.05) is 13.1 Å². The molecule has 0 saturated carbocycles. The molecule has 1 amide bonds. The molecule has 4 nitrogen and oxygen atoms in total. The summed E-state index contributed by atoms with van der Waals surface area (Å²) >= 11 is 0. The van der Waals surface area contributed by atoms with E-state index in [2.05, 4.69) is 10.6 Å². The molecule has 0 bridgehead atoms. The van der Waals surface area contributed by atoms with Crippen LogP contribution in [0.1, 0.15) is 17.2 Å². The lowest BCUT2D eigenvalue weighted by molar-refractivity contribution is -0.126. The summed E-state index contributed by atoms with van der Waals surface area (Å²) in [7, 11) is 1.61. The van der Waals surface area contributed by atoms with Crippen LogP contribution in [0.2, 0.25) is 0 Å². The van der Waals surface area contributed by atoms with Crippen LogP contribution in [0.4, 0.5) is 4.39 Å². The normalized spacial score (nSPS) is 14.9. The van der Waals surface area contributed by atoms with Gasteiger partial charge in [-0.15, -0.1) is 12.4 Å². The fourth-order valence-corrected chi connectivity index (χ4v) is 2.54. The number of benzene rings is 2. The van der Waals surface area contributed by atoms with Gasteiger partial charge in [-0.05, 0) is 35.4 Å². The lowest BCUT2D eigenvalue weighted by Crippen LogP contribution is -2.51. The zero-order chi connectivity index (χ0) is 16.2. The standard InChI is InChI=1S/C18H19FN2O2.ClH/c1-23-16-8-4-13(5-9-16)17(12-2-6-15(19)7-3-12)21-18(22)14-10-20-11-14;/h2-9,14,17,20H,10-11H2,1H3,(H,21,22);1H. The van der Waals surface area contributed by atoms with Crippen molar-refractivity contribution in [3.05, 3.63) is 65.5 Å². The van der Waals surface area contributed by atoms with Crippen molar-refractivity contribution in [1.29, 1.82) is 0 Å². The van der Waals surface area contributed by atoms with E-state index >= 15 is 0 Å². The molecule has 24 heavy (non-hydrogen) atoms. The van der Waals surface area contributed by atoms with E-state index in [1.807, 2.05) is 24.3 Å². The summed E-state index contributed by atoms with van der Waals surface area (Å²) < 4.78 is 18.4. The van der Waals surface area contributed by atoms with Crippen LogP contribution in [-0.2, 0) is 4.79 Å². The lowest BCUT2D eigenvalue weighted by Gasteiger charge is -2.29. The van der Waals surface area contributed by atoms with E-state index in [9.17, 15) is 9.18 Å². The molecule has 6 heteroatoms. The SMILES string of the molecule is COc1ccc(C(NC(=O)C2CNC2)c2ccc(F)cc2)cc1.Cl. The van der Waals surface area contributed by atoms with E-state index in [4.69, 9.17) is 4.74 Å². The molecule has 1 fully saturated rings. The molecule has 1 unspecified atom stereocenters. The van der Waals surface area contributed by atoms with Crippen molar-refractivity contribution < 1.29 is 13.9 Å². The summed E-state index contributed by atoms with van der Waals surface area (Å²) in [5, 5.41) is 6.16. The predicted molar refractivity (Wildman–Crippen MR) is 93.0 cm³/mol. The van der Waals surface area contributed by atoms with E-state index < -0.39 is 0 Å². The maximum Gasteiger partial charge on any atom is 0.226 e. The van der Waals surface area contributed by atoms with Crippen LogP contribution in [0.3, 0.4) is 0 Å². The second kappa shape index (κ2) is 8.13. The Labute approximate surface area is 146 Å². The molecule has 0 spiro atoms. The van der Waals surface area contributed by atoms with Crippen molar-refractivity contribution >= 4 is 18.3 Å². The first-order chi connectivity index (χ1) is 11.2. The molecule has 2 N–H and O–H groups in total. The Hall–Kier alpha value is -2.11. The number of halogens is 2. The first-order valence-electron chi connectivity index (χ1n) is 7.58. The molecule has 2 aromatic rings. The Morgan fingerprint density at radius 3 is 2.12 bits per heavy atom. The molecule has 3 rings (SSSR count). The molecular formula is C18H20ClFN2O2. The Balaban J connectivity index is 0.00000208. The molecule has 1 saturated heterocycles. The van der Waals surface area contributed by atoms with Crippen molar-refractivity contribution in [2.75, 3.05) is 20.2 Å². The Bertz CT molecular complexity index is 672. The number of hydrogen-bond donors (Lipinski definition) is 2. The van der Waals surface area contributed by atoms with Gasteiger partial charge in [-0.1, -0.05) is 24.3 Å². The van der Waals surface area contributed by atoms with E-state index in [0.717, 1.165) is 16.9 Å². The van der Waals surface area contributed by atoms with Crippen LogP contribution >= 0.6 is 12.4 Å². The molecule has 0 aliphatic carbocycles. The third kappa shape index (κ3) is 4.04. The molecule has 1 aliphatic heterocycles. The topological polar surface area (TPSA) is 50.4 Å². The average Bonchev–Trinajstić information content (AvgIpc) is 2.52. The monoisotopic (exact) mass is 350 g/mol. The van der Waals surface area contributed by atoms with Crippen molar-refractivity contribution in [2.24, 2.45) is 5.92 Å². The fraction of sp³-hybridized carbons (Fsp3) is 0.278. The van der Waals surface area contributed by atoms with Gasteiger partial charge in [-0.2, -0.15) is 0 Å². The van der Waals surface area contributed by atoms with E-state index in [1.54, 1.807) is 19.2 Å². The predicted octanol–water partition coefficient (Wildman–Crippen LogP) is 2.68. The zero-order valence-electron chi connectivity index (χ0n) is 13.3. The van der Waals surface area contributed by atoms with Gasteiger partial charge < -0.3 is 15.4 Å². The van der Waals surface area contributed by atoms with E-state index in [-0.39, 0.29) is 36.1 Å². The van der Waals surface area contributed by atoms with Crippen LogP contribution in [0.5, 0.6) is 5.75 Å². The molecule has 0 radical (unpaired) electrons. The summed E-state index contributed by atoms with van der Waals surface area (Å²) in [6.07, 6.45) is 0. The van der Waals surface area contributed by atoms with Gasteiger partial charge in [0.05, 0.1) is 19.1 Å². The van der Waals surface area contributed by atoms with Crippen molar-refractivity contribution in [1.82, 2.24) is 10.6 Å². The molecule has 1 atom stereocenters. The number of nitrogens with one attached hydrogen (secondary N) is 2. The summed E-state index contributed by atoms with van der Waals surface area (Å²) in [6.45, 7) is 1.40. The number of carbonyl (C=O) groups excluding carboxylic acids is 1. The molecule has 1 heterocycles. The van der Waals surface area contributed by atoms with E-state index in [1.165, 1.54) is 12.1 Å². The van der Waals surface area contributed by atoms with Crippen LogP contribution in [-0.4, -0.2) is 26.1 Å². The third-order valence-corrected chi connectivity index (χ3v) is 4.09. The lowest BCUT2D eigenvalue weighted by atomic mass is 9.96. The van der Waals surface area contributed by atoms with Crippen molar-refractivity contribution in [3.63, 3.8) is 0 Å². The highest BCUT2D eigenvalue weighted by atomic mass is 35.5. The van der Waals surface area contributed by atoms with Crippen LogP contribution in [0.15, 0.2) is 48.5 Å². The minimum atomic E-state index is -0.311. The highest BCUT2D eigenvalue weighted by Crippen LogP contribution is 2.25. The average molecular weight is 351 g/mol. The molecule has 128 valence electrons. The van der Waals surface area contributed by atoms with Crippen LogP contribution in [0, 0.1) is 11.7 Å². The number of methoxy groups -OCH3 is 1. The van der Waals surface area contributed by atoms with E-state index in [0.29, 0.717) is 13.1 Å². The summed E-state index contributed by atoms with van der Waals surface area (Å²) in [5.41, 5.74) is 1.77. The second-order valence-electron chi connectivity index (χ2n) is 5.62. The largest absolute Gasteiger partial charge is 0.497 e. The summed E-state index contributed by atoms with van der Waals surface area (Å²) in [4.78, 5) is 12.3. The fourth-order valence-electron chi connectivity index (χ4n) is 2.54. The summed E-state index contributed by atoms with van der Waals surface area (Å²) in [5.74, 6) is 0.461. The van der Waals surface area contributed by atoms with Gasteiger partial charge in [-0.25, -0.2) is 4.39 Å². The number of amides is 1. The van der Waals surface area contributed by atoms with Gasteiger partial charge >= 0.3 is 0 Å². The number of rotatable bonds is 5. The van der Waals surface area contributed by atoms with Gasteiger partial charge in [0.25, 0.3) is 0 Å². The summed E-state index contributed by atoms with van der Waals surface area (Å²) in [6, 6.07) is 13.4. The number of hydrogen-bond acceptors (Lipinski definition) is 3. The highest BCUT2D eigenvalue weighted by Gasteiger charge is 2.27. The highest BCUT2D eigenvalue weighted by molar-refractivity contribution is 5.85. The maximum absolute atomic E-state index is 13.2. The quantitative estimate of drug-likeness (QED) is 0.871. The minimum absolute atomic E-state index is 0. The molecule has 0 aromatic heterocycles. The minimum Gasteiger partial charge on any atom is -0.497 e. The van der Waals surface area contributed by atoms with Gasteiger partial charge in [0.1, 0.15) is 11.6 Å². The van der Waals surface area contributed by atoms with Gasteiger partial charge in [0.15, 0.2) is 0 Å². The Kier molecular flexibility index (Phi) is 6.17. The van der Waals surface area contributed by atoms with Crippen molar-refractivity contribution in [2.45, 2.75) is 6.04 Å². The van der Waals surface area contributed by atoms with Gasteiger partial charge in [0.2, 0.25) is 5.91 Å². The Morgan fingerprint density at radius 1 is 1.12 bits per heavy atom. The molecule has 2 aromatic carbocycles. The maximum atomic E-state index is 13.2. The van der Waals surface area contributed by atoms with Crippen LogP contribution < -0.4 is 15.4 Å². The van der Waals surface area contributed by atoms with Gasteiger partial charge in [-0.3, -0.25) is 4.79 Å².